The second-order valence-electron chi connectivity index (χ2n) is 4.28. The van der Waals surface area contributed by atoms with Gasteiger partial charge < -0.3 is 0 Å². The molecule has 1 aromatic carbocycles. The normalized spacial score (nSPS) is 10.5. The van der Waals surface area contributed by atoms with Gasteiger partial charge >= 0.3 is 0 Å². The van der Waals surface area contributed by atoms with Crippen LogP contribution >= 0.6 is 11.3 Å². The predicted octanol–water partition coefficient (Wildman–Crippen LogP) is 3.32. The van der Waals surface area contributed by atoms with Gasteiger partial charge in [-0.3, -0.25) is 14.9 Å². The topological polar surface area (TPSA) is 78.0 Å². The smallest absolute Gasteiger partial charge is 0.271 e. The minimum Gasteiger partial charge on any atom is -0.298 e. The lowest BCUT2D eigenvalue weighted by molar-refractivity contribution is -0.384. The summed E-state index contributed by atoms with van der Waals surface area (Å²) in [5.41, 5.74) is 2.38. The molecule has 0 aliphatic rings. The van der Waals surface area contributed by atoms with Gasteiger partial charge in [0.05, 0.1) is 16.2 Å². The van der Waals surface area contributed by atoms with Gasteiger partial charge in [0, 0.05) is 29.3 Å². The van der Waals surface area contributed by atoms with Crippen LogP contribution < -0.4 is 0 Å². The number of aldehydes is 1. The number of nitro groups is 1. The third-order valence-corrected chi connectivity index (χ3v) is 3.65. The minimum atomic E-state index is -0.465. The van der Waals surface area contributed by atoms with E-state index in [0.29, 0.717) is 16.9 Å². The van der Waals surface area contributed by atoms with Crippen molar-refractivity contribution in [2.75, 3.05) is 0 Å². The van der Waals surface area contributed by atoms with Crippen LogP contribution in [0.2, 0.25) is 0 Å². The van der Waals surface area contributed by atoms with Crippen molar-refractivity contribution in [1.29, 1.82) is 0 Å². The first-order chi connectivity index (χ1) is 10.2. The van der Waals surface area contributed by atoms with Crippen molar-refractivity contribution in [3.63, 3.8) is 0 Å². The summed E-state index contributed by atoms with van der Waals surface area (Å²) in [5, 5.41) is 19.0. The summed E-state index contributed by atoms with van der Waals surface area (Å²) < 4.78 is 1.48. The van der Waals surface area contributed by atoms with E-state index in [9.17, 15) is 14.9 Å². The minimum absolute atomic E-state index is 0.0206. The summed E-state index contributed by atoms with van der Waals surface area (Å²) in [4.78, 5) is 21.5. The van der Waals surface area contributed by atoms with Crippen molar-refractivity contribution in [1.82, 2.24) is 9.78 Å². The molecule has 0 saturated heterocycles. The van der Waals surface area contributed by atoms with Crippen LogP contribution in [0.1, 0.15) is 10.4 Å². The summed E-state index contributed by atoms with van der Waals surface area (Å²) in [6.07, 6.45) is 2.30. The molecule has 0 unspecified atom stereocenters. The highest BCUT2D eigenvalue weighted by molar-refractivity contribution is 7.08. The van der Waals surface area contributed by atoms with E-state index in [4.69, 9.17) is 0 Å². The fourth-order valence-corrected chi connectivity index (χ4v) is 2.62. The highest BCUT2D eigenvalue weighted by atomic mass is 32.1. The molecule has 0 radical (unpaired) electrons. The van der Waals surface area contributed by atoms with Crippen LogP contribution in [-0.4, -0.2) is 21.0 Å². The molecule has 0 N–H and O–H groups in total. The number of hydrogen-bond donors (Lipinski definition) is 0. The summed E-state index contributed by atoms with van der Waals surface area (Å²) in [6, 6.07) is 7.98. The number of hydrogen-bond acceptors (Lipinski definition) is 5. The molecule has 0 fully saturated rings. The summed E-state index contributed by atoms with van der Waals surface area (Å²) >= 11 is 1.51. The van der Waals surface area contributed by atoms with Gasteiger partial charge in [-0.2, -0.15) is 16.4 Å². The number of nitro benzene ring substituents is 1. The van der Waals surface area contributed by atoms with Crippen molar-refractivity contribution in [2.24, 2.45) is 0 Å². The Morgan fingerprint density at radius 3 is 2.86 bits per heavy atom. The molecule has 0 amide bonds. The SMILES string of the molecule is O=Cc1cn(-c2cccc([N+](=O)[O-])c2)nc1-c1ccsc1. The van der Waals surface area contributed by atoms with Gasteiger partial charge in [-0.05, 0) is 17.5 Å². The maximum atomic E-state index is 11.2. The average Bonchev–Trinajstić information content (AvgIpc) is 3.16. The molecule has 0 bridgehead atoms. The highest BCUT2D eigenvalue weighted by Crippen LogP contribution is 2.25. The van der Waals surface area contributed by atoms with Gasteiger partial charge in [-0.1, -0.05) is 6.07 Å². The number of non-ortho nitro benzene ring substituents is 1. The first kappa shape index (κ1) is 13.2. The fourth-order valence-electron chi connectivity index (χ4n) is 1.98. The van der Waals surface area contributed by atoms with E-state index in [1.165, 1.54) is 28.2 Å². The van der Waals surface area contributed by atoms with Gasteiger partial charge in [-0.15, -0.1) is 0 Å². The van der Waals surface area contributed by atoms with Gasteiger partial charge in [-0.25, -0.2) is 4.68 Å². The Hall–Kier alpha value is -2.80. The zero-order valence-corrected chi connectivity index (χ0v) is 11.5. The van der Waals surface area contributed by atoms with Crippen molar-refractivity contribution in [2.45, 2.75) is 0 Å². The van der Waals surface area contributed by atoms with E-state index >= 15 is 0 Å². The number of rotatable bonds is 4. The Balaban J connectivity index is 2.10. The Labute approximate surface area is 123 Å². The Bertz CT molecular complexity index is 809. The van der Waals surface area contributed by atoms with E-state index < -0.39 is 4.92 Å². The van der Waals surface area contributed by atoms with E-state index in [0.717, 1.165) is 11.8 Å². The summed E-state index contributed by atoms with van der Waals surface area (Å²) in [7, 11) is 0. The molecular weight excluding hydrogens is 290 g/mol. The third kappa shape index (κ3) is 2.46. The van der Waals surface area contributed by atoms with Gasteiger partial charge in [0.25, 0.3) is 5.69 Å². The zero-order chi connectivity index (χ0) is 14.8. The maximum absolute atomic E-state index is 11.2. The first-order valence-corrected chi connectivity index (χ1v) is 6.95. The van der Waals surface area contributed by atoms with Crippen LogP contribution in [0.5, 0.6) is 0 Å². The molecular formula is C14H9N3O3S. The lowest BCUT2D eigenvalue weighted by Crippen LogP contribution is -1.96. The number of carbonyl (C=O) groups excluding carboxylic acids is 1. The average molecular weight is 299 g/mol. The zero-order valence-electron chi connectivity index (χ0n) is 10.7. The Morgan fingerprint density at radius 1 is 1.33 bits per heavy atom. The Kier molecular flexibility index (Phi) is 3.33. The number of nitrogens with zero attached hydrogens (tertiary/aromatic N) is 3. The van der Waals surface area contributed by atoms with Crippen LogP contribution in [0, 0.1) is 10.1 Å². The maximum Gasteiger partial charge on any atom is 0.271 e. The lowest BCUT2D eigenvalue weighted by Gasteiger charge is -2.00. The summed E-state index contributed by atoms with van der Waals surface area (Å²) in [6.45, 7) is 0. The van der Waals surface area contributed by atoms with E-state index in [2.05, 4.69) is 5.10 Å². The molecule has 0 atom stereocenters. The predicted molar refractivity (Wildman–Crippen MR) is 78.9 cm³/mol. The van der Waals surface area contributed by atoms with Crippen molar-refractivity contribution < 1.29 is 9.72 Å². The van der Waals surface area contributed by atoms with E-state index in [1.807, 2.05) is 16.8 Å². The molecule has 6 nitrogen and oxygen atoms in total. The van der Waals surface area contributed by atoms with E-state index in [-0.39, 0.29) is 5.69 Å². The molecule has 3 rings (SSSR count). The summed E-state index contributed by atoms with van der Waals surface area (Å²) in [5.74, 6) is 0. The van der Waals surface area contributed by atoms with Crippen molar-refractivity contribution in [3.8, 4) is 16.9 Å². The quantitative estimate of drug-likeness (QED) is 0.420. The highest BCUT2D eigenvalue weighted by Gasteiger charge is 2.13. The number of aromatic nitrogens is 2. The molecule has 7 heteroatoms. The van der Waals surface area contributed by atoms with Crippen LogP contribution in [0.4, 0.5) is 5.69 Å². The Morgan fingerprint density at radius 2 is 2.19 bits per heavy atom. The molecule has 2 aromatic heterocycles. The molecule has 2 heterocycles. The van der Waals surface area contributed by atoms with Crippen LogP contribution in [0.25, 0.3) is 16.9 Å². The second-order valence-corrected chi connectivity index (χ2v) is 5.06. The fraction of sp³-hybridized carbons (Fsp3) is 0. The van der Waals surface area contributed by atoms with Gasteiger partial charge in [0.2, 0.25) is 0 Å². The van der Waals surface area contributed by atoms with Crippen molar-refractivity contribution >= 4 is 23.3 Å². The first-order valence-electron chi connectivity index (χ1n) is 6.01. The molecule has 104 valence electrons. The number of carbonyl (C=O) groups is 1. The van der Waals surface area contributed by atoms with Crippen LogP contribution in [0.3, 0.4) is 0 Å². The van der Waals surface area contributed by atoms with E-state index in [1.54, 1.807) is 18.3 Å². The molecule has 0 aliphatic carbocycles. The molecule has 0 aliphatic heterocycles. The number of benzene rings is 1. The molecule has 21 heavy (non-hydrogen) atoms. The van der Waals surface area contributed by atoms with Gasteiger partial charge in [0.15, 0.2) is 6.29 Å². The number of thiophene rings is 1. The van der Waals surface area contributed by atoms with Crippen LogP contribution in [-0.2, 0) is 0 Å². The second kappa shape index (κ2) is 5.29. The monoisotopic (exact) mass is 299 g/mol. The largest absolute Gasteiger partial charge is 0.298 e. The third-order valence-electron chi connectivity index (χ3n) is 2.97. The standard InChI is InChI=1S/C14H9N3O3S/c18-8-11-7-16(15-14(11)10-4-5-21-9-10)12-2-1-3-13(6-12)17(19)20/h1-9H. The van der Waals surface area contributed by atoms with Crippen LogP contribution in [0.15, 0.2) is 47.3 Å². The molecule has 3 aromatic rings. The lowest BCUT2D eigenvalue weighted by atomic mass is 10.2. The van der Waals surface area contributed by atoms with Crippen molar-refractivity contribution in [3.05, 3.63) is 63.0 Å². The molecule has 0 saturated carbocycles. The van der Waals surface area contributed by atoms with Gasteiger partial charge in [0.1, 0.15) is 5.69 Å². The molecule has 0 spiro atoms.